The van der Waals surface area contributed by atoms with Gasteiger partial charge in [0.15, 0.2) is 0 Å². The summed E-state index contributed by atoms with van der Waals surface area (Å²) in [5, 5.41) is 6.87. The molecule has 210 valence electrons. The number of carbonyl (C=O) groups excluding carboxylic acids is 3. The predicted molar refractivity (Wildman–Crippen MR) is 150 cm³/mol. The molecule has 0 aromatic heterocycles. The summed E-state index contributed by atoms with van der Waals surface area (Å²) in [4.78, 5) is 45.7. The molecular weight excluding hydrogens is 539 g/mol. The number of likely N-dealkylation sites (tertiary alicyclic amines) is 2. The van der Waals surface area contributed by atoms with Gasteiger partial charge in [-0.2, -0.15) is 0 Å². The average Bonchev–Trinajstić information content (AvgIpc) is 3.58. The smallest absolute Gasteiger partial charge is 0.246 e. The number of amides is 3. The first-order valence-corrected chi connectivity index (χ1v) is 15.1. The fraction of sp³-hybridized carbons (Fsp3) is 0.621. The molecule has 1 saturated carbocycles. The number of nitrogens with one attached hydrogen (secondary N) is 2. The maximum Gasteiger partial charge on any atom is 0.246 e. The number of rotatable bonds is 7. The first kappa shape index (κ1) is 27.1. The second kappa shape index (κ2) is 11.0. The molecule has 1 aromatic rings. The fourth-order valence-corrected chi connectivity index (χ4v) is 7.56. The van der Waals surface area contributed by atoms with Crippen LogP contribution in [-0.2, 0) is 19.1 Å². The molecule has 10 heteroatoms. The van der Waals surface area contributed by atoms with Gasteiger partial charge in [0.05, 0.1) is 28.0 Å². The first-order valence-electron chi connectivity index (χ1n) is 14.3. The molecule has 1 aliphatic carbocycles. The lowest BCUT2D eigenvalue weighted by atomic mass is 9.74. The molecule has 3 amide bonds. The predicted octanol–water partition coefficient (Wildman–Crippen LogP) is 4.02. The van der Waals surface area contributed by atoms with E-state index in [1.807, 2.05) is 12.2 Å². The minimum absolute atomic E-state index is 0.108. The average molecular weight is 576 g/mol. The highest BCUT2D eigenvalue weighted by molar-refractivity contribution is 6.42. The molecule has 6 rings (SSSR count). The zero-order chi connectivity index (χ0) is 27.1. The Balaban J connectivity index is 1.26. The van der Waals surface area contributed by atoms with Gasteiger partial charge in [-0.15, -0.1) is 0 Å². The summed E-state index contributed by atoms with van der Waals surface area (Å²) in [5.41, 5.74) is -0.656. The summed E-state index contributed by atoms with van der Waals surface area (Å²) in [5.74, 6) is -2.20. The molecule has 3 saturated heterocycles. The van der Waals surface area contributed by atoms with E-state index in [2.05, 4.69) is 15.5 Å². The lowest BCUT2D eigenvalue weighted by Gasteiger charge is -2.35. The number of benzene rings is 1. The Labute approximate surface area is 239 Å². The highest BCUT2D eigenvalue weighted by Gasteiger charge is 2.72. The number of anilines is 1. The standard InChI is InChI=1S/C29H36Cl2N4O4/c30-20-10-9-19(17-21(20)31)33-26(36)23-22-11-12-29(39-22)24(23)28(38)35(16-15-34-13-5-2-6-14-34)25(29)27(37)32-18-7-3-1-4-8-18/h9-12,17-18,22-25H,1-8,13-16H2,(H,32,37)(H,33,36)/t22-,23-,24-,25-,29-/m0/s1. The van der Waals surface area contributed by atoms with Crippen molar-refractivity contribution in [3.05, 3.63) is 40.4 Å². The van der Waals surface area contributed by atoms with Crippen LogP contribution in [0.1, 0.15) is 51.4 Å². The summed E-state index contributed by atoms with van der Waals surface area (Å²) in [7, 11) is 0. The van der Waals surface area contributed by atoms with E-state index in [-0.39, 0.29) is 23.8 Å². The third-order valence-electron chi connectivity index (χ3n) is 9.17. The molecule has 5 aliphatic rings. The van der Waals surface area contributed by atoms with Gasteiger partial charge in [-0.3, -0.25) is 14.4 Å². The van der Waals surface area contributed by atoms with E-state index in [0.29, 0.717) is 28.8 Å². The van der Waals surface area contributed by atoms with Gasteiger partial charge in [-0.25, -0.2) is 0 Å². The second-order valence-electron chi connectivity index (χ2n) is 11.6. The highest BCUT2D eigenvalue weighted by Crippen LogP contribution is 2.55. The van der Waals surface area contributed by atoms with E-state index in [1.165, 1.54) is 12.8 Å². The minimum atomic E-state index is -1.15. The third kappa shape index (κ3) is 4.98. The van der Waals surface area contributed by atoms with Crippen molar-refractivity contribution in [1.29, 1.82) is 0 Å². The Hall–Kier alpha value is -2.13. The number of halogens is 2. The Morgan fingerprint density at radius 1 is 0.974 bits per heavy atom. The van der Waals surface area contributed by atoms with Crippen molar-refractivity contribution in [2.75, 3.05) is 31.5 Å². The van der Waals surface area contributed by atoms with E-state index < -0.39 is 29.6 Å². The van der Waals surface area contributed by atoms with Crippen LogP contribution in [0.5, 0.6) is 0 Å². The normalized spacial score (nSPS) is 32.5. The second-order valence-corrected chi connectivity index (χ2v) is 12.4. The quantitative estimate of drug-likeness (QED) is 0.480. The van der Waals surface area contributed by atoms with Crippen molar-refractivity contribution in [3.8, 4) is 0 Å². The summed E-state index contributed by atoms with van der Waals surface area (Å²) < 4.78 is 6.46. The Kier molecular flexibility index (Phi) is 7.66. The van der Waals surface area contributed by atoms with Crippen molar-refractivity contribution in [2.24, 2.45) is 11.8 Å². The van der Waals surface area contributed by atoms with Gasteiger partial charge in [0.1, 0.15) is 11.6 Å². The van der Waals surface area contributed by atoms with Crippen LogP contribution in [0.15, 0.2) is 30.4 Å². The Morgan fingerprint density at radius 2 is 1.72 bits per heavy atom. The largest absolute Gasteiger partial charge is 0.359 e. The molecule has 4 fully saturated rings. The van der Waals surface area contributed by atoms with E-state index in [9.17, 15) is 14.4 Å². The molecule has 2 N–H and O–H groups in total. The molecule has 0 radical (unpaired) electrons. The summed E-state index contributed by atoms with van der Waals surface area (Å²) >= 11 is 12.2. The van der Waals surface area contributed by atoms with Crippen LogP contribution in [0.4, 0.5) is 5.69 Å². The molecule has 1 spiro atoms. The number of hydrogen-bond donors (Lipinski definition) is 2. The summed E-state index contributed by atoms with van der Waals surface area (Å²) in [6.07, 6.45) is 11.9. The van der Waals surface area contributed by atoms with Crippen LogP contribution < -0.4 is 10.6 Å². The fourth-order valence-electron chi connectivity index (χ4n) is 7.27. The van der Waals surface area contributed by atoms with Crippen molar-refractivity contribution < 1.29 is 19.1 Å². The first-order chi connectivity index (χ1) is 18.9. The molecule has 5 atom stereocenters. The highest BCUT2D eigenvalue weighted by atomic mass is 35.5. The number of ether oxygens (including phenoxy) is 1. The van der Waals surface area contributed by atoms with E-state index in [1.54, 1.807) is 23.1 Å². The number of hydrogen-bond acceptors (Lipinski definition) is 5. The van der Waals surface area contributed by atoms with Gasteiger partial charge in [0, 0.05) is 24.8 Å². The van der Waals surface area contributed by atoms with Crippen LogP contribution in [0.3, 0.4) is 0 Å². The van der Waals surface area contributed by atoms with Gasteiger partial charge in [-0.1, -0.05) is 61.0 Å². The number of piperidine rings is 1. The molecule has 2 bridgehead atoms. The molecule has 39 heavy (non-hydrogen) atoms. The van der Waals surface area contributed by atoms with E-state index in [0.717, 1.165) is 51.6 Å². The van der Waals surface area contributed by atoms with Gasteiger partial charge in [-0.05, 0) is 57.0 Å². The number of nitrogens with zero attached hydrogens (tertiary/aromatic N) is 2. The topological polar surface area (TPSA) is 91.0 Å². The van der Waals surface area contributed by atoms with Crippen LogP contribution in [0.2, 0.25) is 10.0 Å². The zero-order valence-electron chi connectivity index (χ0n) is 22.0. The van der Waals surface area contributed by atoms with Crippen LogP contribution in [0.25, 0.3) is 0 Å². The molecule has 0 unspecified atom stereocenters. The third-order valence-corrected chi connectivity index (χ3v) is 9.91. The molecule has 1 aromatic carbocycles. The van der Waals surface area contributed by atoms with Crippen molar-refractivity contribution in [2.45, 2.75) is 75.2 Å². The van der Waals surface area contributed by atoms with Gasteiger partial charge in [0.2, 0.25) is 17.7 Å². The monoisotopic (exact) mass is 574 g/mol. The Bertz CT molecular complexity index is 1170. The summed E-state index contributed by atoms with van der Waals surface area (Å²) in [6.45, 7) is 3.14. The van der Waals surface area contributed by atoms with Crippen molar-refractivity contribution in [1.82, 2.24) is 15.1 Å². The molecular formula is C29H36Cl2N4O4. The van der Waals surface area contributed by atoms with Crippen molar-refractivity contribution >= 4 is 46.6 Å². The maximum absolute atomic E-state index is 14.1. The van der Waals surface area contributed by atoms with Crippen molar-refractivity contribution in [3.63, 3.8) is 0 Å². The van der Waals surface area contributed by atoms with E-state index >= 15 is 0 Å². The van der Waals surface area contributed by atoms with Crippen LogP contribution >= 0.6 is 23.2 Å². The molecule has 4 heterocycles. The van der Waals surface area contributed by atoms with Crippen LogP contribution in [-0.4, -0.2) is 77.5 Å². The maximum atomic E-state index is 14.1. The van der Waals surface area contributed by atoms with E-state index in [4.69, 9.17) is 27.9 Å². The zero-order valence-corrected chi connectivity index (χ0v) is 23.6. The van der Waals surface area contributed by atoms with Gasteiger partial charge >= 0.3 is 0 Å². The minimum Gasteiger partial charge on any atom is -0.359 e. The lowest BCUT2D eigenvalue weighted by molar-refractivity contribution is -0.141. The van der Waals surface area contributed by atoms with Gasteiger partial charge < -0.3 is 25.2 Å². The summed E-state index contributed by atoms with van der Waals surface area (Å²) in [6, 6.07) is 4.19. The van der Waals surface area contributed by atoms with Crippen LogP contribution in [0, 0.1) is 11.8 Å². The lowest BCUT2D eigenvalue weighted by Crippen LogP contribution is -2.57. The van der Waals surface area contributed by atoms with Gasteiger partial charge in [0.25, 0.3) is 0 Å². The SMILES string of the molecule is O=C(Nc1ccc(Cl)c(Cl)c1)[C@H]1[C@@H]2C=C[C@]3(O2)[C@@H]1C(=O)N(CCN1CCCCC1)[C@H]3C(=O)NC1CCCCC1. The molecule has 4 aliphatic heterocycles. The molecule has 8 nitrogen and oxygen atoms in total. The number of carbonyl (C=O) groups is 3. The Morgan fingerprint density at radius 3 is 2.46 bits per heavy atom. The number of fused-ring (bicyclic) bond motifs is 1.